The van der Waals surface area contributed by atoms with Gasteiger partial charge in [-0.3, -0.25) is 9.79 Å². The summed E-state index contributed by atoms with van der Waals surface area (Å²) in [4.78, 5) is 17.7. The average molecular weight is 327 g/mol. The fraction of sp³-hybridized carbons (Fsp3) is 0.467. The summed E-state index contributed by atoms with van der Waals surface area (Å²) < 4.78 is 5.08. The van der Waals surface area contributed by atoms with Crippen molar-refractivity contribution in [1.82, 2.24) is 4.90 Å². The molecular formula is C15H23ClN4O2. The molecule has 1 aromatic carbocycles. The first-order valence-corrected chi connectivity index (χ1v) is 7.57. The smallest absolute Gasteiger partial charge is 0.224 e. The third kappa shape index (κ3) is 5.44. The van der Waals surface area contributed by atoms with Gasteiger partial charge >= 0.3 is 0 Å². The first-order chi connectivity index (χ1) is 10.5. The number of nitrogens with one attached hydrogen (secondary N) is 1. The van der Waals surface area contributed by atoms with Crippen LogP contribution in [0, 0.1) is 0 Å². The van der Waals surface area contributed by atoms with Crippen molar-refractivity contribution in [3.63, 3.8) is 0 Å². The number of nitrogens with zero attached hydrogens (tertiary/aromatic N) is 2. The number of methoxy groups -OCH3 is 1. The van der Waals surface area contributed by atoms with Crippen LogP contribution in [0.25, 0.3) is 0 Å². The Kier molecular flexibility index (Phi) is 7.52. The number of benzene rings is 1. The van der Waals surface area contributed by atoms with Gasteiger partial charge in [0.2, 0.25) is 5.91 Å². The number of aliphatic imine (C=N–C) groups is 1. The molecule has 1 rings (SSSR count). The topological polar surface area (TPSA) is 80.0 Å². The molecule has 0 spiro atoms. The molecule has 122 valence electrons. The van der Waals surface area contributed by atoms with Crippen molar-refractivity contribution in [3.8, 4) is 5.75 Å². The Bertz CT molecular complexity index is 530. The van der Waals surface area contributed by atoms with E-state index in [2.05, 4.69) is 10.3 Å². The molecule has 0 fully saturated rings. The normalized spacial score (nSPS) is 11.2. The van der Waals surface area contributed by atoms with E-state index in [-0.39, 0.29) is 11.9 Å². The molecule has 1 aromatic rings. The molecule has 0 aliphatic rings. The molecule has 1 amide bonds. The number of amides is 1. The number of hydrogen-bond donors (Lipinski definition) is 2. The lowest BCUT2D eigenvalue weighted by molar-refractivity contribution is -0.130. The van der Waals surface area contributed by atoms with Gasteiger partial charge in [0.15, 0.2) is 5.96 Å². The fourth-order valence-electron chi connectivity index (χ4n) is 1.94. The minimum absolute atomic E-state index is 0.0778. The van der Waals surface area contributed by atoms with Crippen LogP contribution in [0.5, 0.6) is 5.75 Å². The highest BCUT2D eigenvalue weighted by Crippen LogP contribution is 2.26. The highest BCUT2D eigenvalue weighted by Gasteiger charge is 2.08. The van der Waals surface area contributed by atoms with Crippen LogP contribution in [0.3, 0.4) is 0 Å². The number of nitrogens with two attached hydrogens (primary N) is 1. The van der Waals surface area contributed by atoms with Crippen molar-refractivity contribution in [2.45, 2.75) is 20.3 Å². The van der Waals surface area contributed by atoms with Gasteiger partial charge in [0.05, 0.1) is 18.7 Å². The molecule has 7 heteroatoms. The van der Waals surface area contributed by atoms with E-state index in [4.69, 9.17) is 22.1 Å². The monoisotopic (exact) mass is 326 g/mol. The predicted molar refractivity (Wildman–Crippen MR) is 90.7 cm³/mol. The Morgan fingerprint density at radius 3 is 2.64 bits per heavy atom. The molecule has 0 aliphatic carbocycles. The molecule has 0 unspecified atom stereocenters. The van der Waals surface area contributed by atoms with Crippen LogP contribution in [-0.4, -0.2) is 43.5 Å². The van der Waals surface area contributed by atoms with Crippen molar-refractivity contribution in [3.05, 3.63) is 23.2 Å². The third-order valence-corrected chi connectivity index (χ3v) is 3.44. The lowest BCUT2D eigenvalue weighted by atomic mass is 10.3. The van der Waals surface area contributed by atoms with Gasteiger partial charge < -0.3 is 20.7 Å². The lowest BCUT2D eigenvalue weighted by Gasteiger charge is -2.17. The van der Waals surface area contributed by atoms with Crippen LogP contribution in [-0.2, 0) is 4.79 Å². The van der Waals surface area contributed by atoms with Gasteiger partial charge in [-0.25, -0.2) is 0 Å². The number of anilines is 1. The van der Waals surface area contributed by atoms with Gasteiger partial charge in [-0.2, -0.15) is 0 Å². The average Bonchev–Trinajstić information content (AvgIpc) is 2.48. The zero-order valence-corrected chi connectivity index (χ0v) is 14.0. The molecule has 3 N–H and O–H groups in total. The molecule has 0 saturated heterocycles. The van der Waals surface area contributed by atoms with Gasteiger partial charge in [0.1, 0.15) is 5.75 Å². The van der Waals surface area contributed by atoms with E-state index >= 15 is 0 Å². The Labute approximate surface area is 136 Å². The number of carbonyl (C=O) groups excluding carboxylic acids is 1. The van der Waals surface area contributed by atoms with E-state index in [1.165, 1.54) is 0 Å². The van der Waals surface area contributed by atoms with Crippen LogP contribution in [0.1, 0.15) is 20.3 Å². The van der Waals surface area contributed by atoms with Crippen LogP contribution < -0.4 is 15.8 Å². The molecule has 6 nitrogen and oxygen atoms in total. The van der Waals surface area contributed by atoms with Crippen LogP contribution in [0.2, 0.25) is 5.02 Å². The second-order valence-corrected chi connectivity index (χ2v) is 4.96. The zero-order valence-electron chi connectivity index (χ0n) is 13.2. The van der Waals surface area contributed by atoms with Gasteiger partial charge in [-0.05, 0) is 32.0 Å². The second kappa shape index (κ2) is 9.15. The standard InChI is InChI=1S/C15H23ClN4O2/c1-4-20(5-2)14(21)8-9-18-15(17)19-11-6-7-13(22-3)12(16)10-11/h6-7,10H,4-5,8-9H2,1-3H3,(H3,17,18,19). The number of rotatable bonds is 7. The van der Waals surface area contributed by atoms with E-state index in [9.17, 15) is 4.79 Å². The summed E-state index contributed by atoms with van der Waals surface area (Å²) in [6.45, 7) is 5.66. The molecule has 0 aliphatic heterocycles. The molecule has 0 heterocycles. The number of carbonyl (C=O) groups is 1. The number of ether oxygens (including phenoxy) is 1. The highest BCUT2D eigenvalue weighted by atomic mass is 35.5. The van der Waals surface area contributed by atoms with Gasteiger partial charge in [0.25, 0.3) is 0 Å². The van der Waals surface area contributed by atoms with E-state index < -0.39 is 0 Å². The first-order valence-electron chi connectivity index (χ1n) is 7.20. The molecule has 22 heavy (non-hydrogen) atoms. The molecule has 0 radical (unpaired) electrons. The molecule has 0 aromatic heterocycles. The SMILES string of the molecule is CCN(CC)C(=O)CCN=C(N)Nc1ccc(OC)c(Cl)c1. The highest BCUT2D eigenvalue weighted by molar-refractivity contribution is 6.32. The summed E-state index contributed by atoms with van der Waals surface area (Å²) in [5, 5.41) is 3.41. The maximum atomic E-state index is 11.8. The Balaban J connectivity index is 2.52. The third-order valence-electron chi connectivity index (χ3n) is 3.15. The van der Waals surface area contributed by atoms with E-state index in [1.807, 2.05) is 13.8 Å². The largest absolute Gasteiger partial charge is 0.495 e. The lowest BCUT2D eigenvalue weighted by Crippen LogP contribution is -2.31. The van der Waals surface area contributed by atoms with E-state index in [1.54, 1.807) is 30.2 Å². The summed E-state index contributed by atoms with van der Waals surface area (Å²) in [5.74, 6) is 0.912. The van der Waals surface area contributed by atoms with Crippen LogP contribution in [0.4, 0.5) is 5.69 Å². The molecule has 0 bridgehead atoms. The minimum Gasteiger partial charge on any atom is -0.495 e. The predicted octanol–water partition coefficient (Wildman–Crippen LogP) is 2.33. The van der Waals surface area contributed by atoms with E-state index in [0.717, 1.165) is 0 Å². The van der Waals surface area contributed by atoms with Crippen molar-refractivity contribution in [2.24, 2.45) is 10.7 Å². The maximum absolute atomic E-state index is 11.8. The van der Waals surface area contributed by atoms with Crippen molar-refractivity contribution < 1.29 is 9.53 Å². The molecule has 0 saturated carbocycles. The number of guanidine groups is 1. The van der Waals surface area contributed by atoms with Gasteiger partial charge in [0, 0.05) is 25.2 Å². The fourth-order valence-corrected chi connectivity index (χ4v) is 2.20. The van der Waals surface area contributed by atoms with E-state index in [0.29, 0.717) is 42.5 Å². The minimum atomic E-state index is 0.0778. The quantitative estimate of drug-likeness (QED) is 0.595. The first kappa shape index (κ1) is 18.1. The number of halogens is 1. The number of hydrogen-bond acceptors (Lipinski definition) is 3. The van der Waals surface area contributed by atoms with Crippen molar-refractivity contribution in [1.29, 1.82) is 0 Å². The Hall–Kier alpha value is -1.95. The summed E-state index contributed by atoms with van der Waals surface area (Å²) >= 11 is 6.03. The summed E-state index contributed by atoms with van der Waals surface area (Å²) in [5.41, 5.74) is 6.50. The zero-order chi connectivity index (χ0) is 16.5. The Morgan fingerprint density at radius 2 is 2.09 bits per heavy atom. The maximum Gasteiger partial charge on any atom is 0.224 e. The Morgan fingerprint density at radius 1 is 1.41 bits per heavy atom. The van der Waals surface area contributed by atoms with Crippen molar-refractivity contribution >= 4 is 29.2 Å². The summed E-state index contributed by atoms with van der Waals surface area (Å²) in [7, 11) is 1.55. The van der Waals surface area contributed by atoms with Gasteiger partial charge in [-0.1, -0.05) is 11.6 Å². The second-order valence-electron chi connectivity index (χ2n) is 4.56. The van der Waals surface area contributed by atoms with Crippen molar-refractivity contribution in [2.75, 3.05) is 32.1 Å². The van der Waals surface area contributed by atoms with Crippen LogP contribution in [0.15, 0.2) is 23.2 Å². The molecule has 0 atom stereocenters. The summed E-state index contributed by atoms with van der Waals surface area (Å²) in [6.07, 6.45) is 0.341. The van der Waals surface area contributed by atoms with Crippen LogP contribution >= 0.6 is 11.6 Å². The molecular weight excluding hydrogens is 304 g/mol. The van der Waals surface area contributed by atoms with Gasteiger partial charge in [-0.15, -0.1) is 0 Å². The summed E-state index contributed by atoms with van der Waals surface area (Å²) in [6, 6.07) is 5.22.